The zero-order chi connectivity index (χ0) is 21.5. The van der Waals surface area contributed by atoms with Crippen LogP contribution in [0.3, 0.4) is 0 Å². The Morgan fingerprint density at radius 3 is 2.25 bits per heavy atom. The van der Waals surface area contributed by atoms with Crippen molar-refractivity contribution in [2.45, 2.75) is 44.1 Å². The maximum atomic E-state index is 13.6. The molecular formula is C18H22F3N3O3S. The second-order valence-electron chi connectivity index (χ2n) is 7.56. The molecule has 0 saturated heterocycles. The molecule has 0 bridgehead atoms. The minimum absolute atomic E-state index is 0.0107. The average Bonchev–Trinajstić information content (AvgIpc) is 2.88. The monoisotopic (exact) mass is 417 g/mol. The molecule has 1 aromatic carbocycles. The summed E-state index contributed by atoms with van der Waals surface area (Å²) in [5.74, 6) is -5.24. The lowest BCUT2D eigenvalue weighted by molar-refractivity contribution is 0.0138. The van der Waals surface area contributed by atoms with Gasteiger partial charge < -0.3 is 9.88 Å². The normalized spacial score (nSPS) is 12.9. The van der Waals surface area contributed by atoms with Crippen molar-refractivity contribution >= 4 is 21.6 Å². The van der Waals surface area contributed by atoms with Gasteiger partial charge in [0.05, 0.1) is 5.56 Å². The number of anilines is 1. The summed E-state index contributed by atoms with van der Waals surface area (Å²) in [5.41, 5.74) is -1.62. The van der Waals surface area contributed by atoms with Gasteiger partial charge in [0.15, 0.2) is 0 Å². The van der Waals surface area contributed by atoms with Gasteiger partial charge in [0.25, 0.3) is 11.8 Å². The lowest BCUT2D eigenvalue weighted by Gasteiger charge is -2.19. The van der Waals surface area contributed by atoms with Gasteiger partial charge in [-0.25, -0.2) is 26.3 Å². The third-order valence-electron chi connectivity index (χ3n) is 3.66. The zero-order valence-electron chi connectivity index (χ0n) is 16.1. The standard InChI is InChI=1S/C18H22F3N3O3S/c1-17(2,3)23-28(26,27)12-9-15(24(5)10-12)16(25)22-11-6-7-14(19)13(8-11)18(4,20)21/h6-10,23H,1-5H3,(H,22,25). The number of hydrogen-bond donors (Lipinski definition) is 2. The van der Waals surface area contributed by atoms with Crippen LogP contribution in [-0.4, -0.2) is 24.4 Å². The summed E-state index contributed by atoms with van der Waals surface area (Å²) in [5, 5.41) is 2.38. The number of alkyl halides is 2. The first kappa shape index (κ1) is 22.0. The molecule has 1 heterocycles. The molecule has 0 fully saturated rings. The number of carbonyl (C=O) groups is 1. The van der Waals surface area contributed by atoms with Crippen LogP contribution in [0.5, 0.6) is 0 Å². The summed E-state index contributed by atoms with van der Waals surface area (Å²) in [6.45, 7) is 5.58. The second-order valence-corrected chi connectivity index (χ2v) is 9.25. The van der Waals surface area contributed by atoms with E-state index in [-0.39, 0.29) is 16.3 Å². The Balaban J connectivity index is 2.31. The van der Waals surface area contributed by atoms with Gasteiger partial charge in [-0.15, -0.1) is 0 Å². The van der Waals surface area contributed by atoms with Crippen LogP contribution in [0.4, 0.5) is 18.9 Å². The van der Waals surface area contributed by atoms with Crippen molar-refractivity contribution in [3.05, 3.63) is 47.5 Å². The molecule has 0 aliphatic carbocycles. The third-order valence-corrected chi connectivity index (χ3v) is 5.39. The molecule has 2 N–H and O–H groups in total. The van der Waals surface area contributed by atoms with Gasteiger partial charge >= 0.3 is 0 Å². The van der Waals surface area contributed by atoms with Crippen molar-refractivity contribution in [2.24, 2.45) is 7.05 Å². The Morgan fingerprint density at radius 1 is 1.11 bits per heavy atom. The molecule has 0 saturated carbocycles. The van der Waals surface area contributed by atoms with E-state index in [2.05, 4.69) is 10.0 Å². The summed E-state index contributed by atoms with van der Waals surface area (Å²) < 4.78 is 69.1. The molecule has 0 unspecified atom stereocenters. The number of aromatic nitrogens is 1. The summed E-state index contributed by atoms with van der Waals surface area (Å²) in [4.78, 5) is 12.4. The van der Waals surface area contributed by atoms with Crippen LogP contribution >= 0.6 is 0 Å². The van der Waals surface area contributed by atoms with Crippen LogP contribution < -0.4 is 10.0 Å². The molecule has 2 aromatic rings. The Labute approximate surface area is 161 Å². The smallest absolute Gasteiger partial charge is 0.273 e. The highest BCUT2D eigenvalue weighted by atomic mass is 32.2. The summed E-state index contributed by atoms with van der Waals surface area (Å²) in [6, 6.07) is 3.98. The molecule has 154 valence electrons. The van der Waals surface area contributed by atoms with Gasteiger partial charge in [0.2, 0.25) is 10.0 Å². The number of carbonyl (C=O) groups excluding carboxylic acids is 1. The van der Waals surface area contributed by atoms with Crippen LogP contribution in [0.25, 0.3) is 0 Å². The van der Waals surface area contributed by atoms with E-state index in [1.165, 1.54) is 23.9 Å². The molecule has 10 heteroatoms. The number of sulfonamides is 1. The lowest BCUT2D eigenvalue weighted by Crippen LogP contribution is -2.40. The van der Waals surface area contributed by atoms with Crippen molar-refractivity contribution in [3.63, 3.8) is 0 Å². The number of nitrogens with one attached hydrogen (secondary N) is 2. The van der Waals surface area contributed by atoms with E-state index < -0.39 is 38.8 Å². The zero-order valence-corrected chi connectivity index (χ0v) is 16.9. The van der Waals surface area contributed by atoms with Gasteiger partial charge in [-0.3, -0.25) is 4.79 Å². The molecule has 0 atom stereocenters. The van der Waals surface area contributed by atoms with Gasteiger partial charge in [-0.1, -0.05) is 0 Å². The van der Waals surface area contributed by atoms with E-state index >= 15 is 0 Å². The molecule has 28 heavy (non-hydrogen) atoms. The van der Waals surface area contributed by atoms with Crippen LogP contribution in [0.15, 0.2) is 35.4 Å². The molecule has 0 spiro atoms. The van der Waals surface area contributed by atoms with Gasteiger partial charge in [-0.05, 0) is 45.0 Å². The van der Waals surface area contributed by atoms with E-state index in [9.17, 15) is 26.4 Å². The Morgan fingerprint density at radius 2 is 1.71 bits per heavy atom. The second kappa shape index (κ2) is 7.25. The maximum Gasteiger partial charge on any atom is 0.273 e. The van der Waals surface area contributed by atoms with Crippen molar-refractivity contribution in [3.8, 4) is 0 Å². The quantitative estimate of drug-likeness (QED) is 0.780. The number of nitrogens with zero attached hydrogens (tertiary/aromatic N) is 1. The Hall–Kier alpha value is -2.33. The largest absolute Gasteiger partial charge is 0.345 e. The molecule has 1 aromatic heterocycles. The molecule has 2 rings (SSSR count). The first-order chi connectivity index (χ1) is 12.6. The predicted octanol–water partition coefficient (Wildman–Crippen LogP) is 3.61. The van der Waals surface area contributed by atoms with E-state index in [0.29, 0.717) is 6.92 Å². The van der Waals surface area contributed by atoms with E-state index in [1.807, 2.05) is 0 Å². The van der Waals surface area contributed by atoms with Crippen molar-refractivity contribution in [1.29, 1.82) is 0 Å². The maximum absolute atomic E-state index is 13.6. The first-order valence-corrected chi connectivity index (χ1v) is 9.78. The molecule has 0 aliphatic rings. The molecule has 6 nitrogen and oxygen atoms in total. The first-order valence-electron chi connectivity index (χ1n) is 8.30. The highest BCUT2D eigenvalue weighted by molar-refractivity contribution is 7.89. The minimum Gasteiger partial charge on any atom is -0.345 e. The fourth-order valence-electron chi connectivity index (χ4n) is 2.50. The topological polar surface area (TPSA) is 80.2 Å². The SMILES string of the molecule is Cn1cc(S(=O)(=O)NC(C)(C)C)cc1C(=O)Nc1ccc(F)c(C(C)(F)F)c1. The third kappa shape index (κ3) is 5.14. The van der Waals surface area contributed by atoms with E-state index in [0.717, 1.165) is 18.2 Å². The predicted molar refractivity (Wildman–Crippen MR) is 99.4 cm³/mol. The van der Waals surface area contributed by atoms with Crippen LogP contribution in [0.2, 0.25) is 0 Å². The van der Waals surface area contributed by atoms with Crippen LogP contribution in [-0.2, 0) is 23.0 Å². The van der Waals surface area contributed by atoms with E-state index in [4.69, 9.17) is 0 Å². The fraction of sp³-hybridized carbons (Fsp3) is 0.389. The lowest BCUT2D eigenvalue weighted by atomic mass is 10.1. The van der Waals surface area contributed by atoms with Crippen LogP contribution in [0, 0.1) is 5.82 Å². The number of hydrogen-bond acceptors (Lipinski definition) is 3. The van der Waals surface area contributed by atoms with Gasteiger partial charge in [-0.2, -0.15) is 0 Å². The summed E-state index contributed by atoms with van der Waals surface area (Å²) >= 11 is 0. The van der Waals surface area contributed by atoms with Crippen LogP contribution in [0.1, 0.15) is 43.7 Å². The molecule has 0 radical (unpaired) electrons. The van der Waals surface area contributed by atoms with Crippen molar-refractivity contribution in [1.82, 2.24) is 9.29 Å². The molecule has 0 aliphatic heterocycles. The number of benzene rings is 1. The molecular weight excluding hydrogens is 395 g/mol. The highest BCUT2D eigenvalue weighted by Gasteiger charge is 2.29. The Bertz CT molecular complexity index is 1000. The van der Waals surface area contributed by atoms with Crippen molar-refractivity contribution in [2.75, 3.05) is 5.32 Å². The molecule has 1 amide bonds. The number of amides is 1. The fourth-order valence-corrected chi connectivity index (χ4v) is 3.99. The summed E-state index contributed by atoms with van der Waals surface area (Å²) in [7, 11) is -2.38. The highest BCUT2D eigenvalue weighted by Crippen LogP contribution is 2.31. The number of rotatable bonds is 5. The minimum atomic E-state index is -3.86. The summed E-state index contributed by atoms with van der Waals surface area (Å²) in [6.07, 6.45) is 1.26. The van der Waals surface area contributed by atoms with Gasteiger partial charge in [0.1, 0.15) is 16.4 Å². The Kier molecular flexibility index (Phi) is 5.69. The van der Waals surface area contributed by atoms with Crippen molar-refractivity contribution < 1.29 is 26.4 Å². The van der Waals surface area contributed by atoms with Gasteiger partial charge in [0, 0.05) is 31.4 Å². The van der Waals surface area contributed by atoms with E-state index in [1.54, 1.807) is 20.8 Å². The number of aryl methyl sites for hydroxylation is 1. The number of halogens is 3. The average molecular weight is 417 g/mol.